The molecule has 5 nitrogen and oxygen atoms in total. The minimum Gasteiger partial charge on any atom is -0.353 e. The van der Waals surface area contributed by atoms with Gasteiger partial charge in [-0.3, -0.25) is 9.59 Å². The van der Waals surface area contributed by atoms with Crippen LogP contribution in [0.3, 0.4) is 0 Å². The smallest absolute Gasteiger partial charge is 0.239 e. The van der Waals surface area contributed by atoms with Crippen LogP contribution in [0.5, 0.6) is 0 Å². The first-order chi connectivity index (χ1) is 12.0. The van der Waals surface area contributed by atoms with Gasteiger partial charge >= 0.3 is 0 Å². The first kappa shape index (κ1) is 18.7. The summed E-state index contributed by atoms with van der Waals surface area (Å²) in [5.41, 5.74) is 9.29. The molecule has 0 heterocycles. The molecule has 0 aliphatic carbocycles. The number of nitrogens with two attached hydrogens (primary N) is 1. The van der Waals surface area contributed by atoms with Gasteiger partial charge in [-0.1, -0.05) is 60.2 Å². The van der Waals surface area contributed by atoms with Gasteiger partial charge in [-0.25, -0.2) is 0 Å². The van der Waals surface area contributed by atoms with E-state index in [2.05, 4.69) is 10.6 Å². The first-order valence-corrected chi connectivity index (χ1v) is 8.44. The molecule has 0 saturated heterocycles. The monoisotopic (exact) mass is 339 g/mol. The SMILES string of the molecule is Cc1ccc(CCC(=O)NCC(=O)NCC(N)c2ccccc2)cc1. The zero-order valence-electron chi connectivity index (χ0n) is 14.5. The molecule has 0 aliphatic rings. The highest BCUT2D eigenvalue weighted by Gasteiger charge is 2.09. The number of carbonyl (C=O) groups excluding carboxylic acids is 2. The van der Waals surface area contributed by atoms with E-state index in [1.165, 1.54) is 5.56 Å². The van der Waals surface area contributed by atoms with Gasteiger partial charge in [-0.05, 0) is 24.5 Å². The van der Waals surface area contributed by atoms with E-state index in [-0.39, 0.29) is 24.4 Å². The number of rotatable bonds is 8. The summed E-state index contributed by atoms with van der Waals surface area (Å²) in [7, 11) is 0. The van der Waals surface area contributed by atoms with Crippen LogP contribution >= 0.6 is 0 Å². The quantitative estimate of drug-likeness (QED) is 0.686. The second-order valence-corrected chi connectivity index (χ2v) is 6.08. The summed E-state index contributed by atoms with van der Waals surface area (Å²) in [4.78, 5) is 23.6. The van der Waals surface area contributed by atoms with Crippen molar-refractivity contribution in [3.63, 3.8) is 0 Å². The molecule has 2 aromatic carbocycles. The third-order valence-corrected chi connectivity index (χ3v) is 3.95. The zero-order valence-corrected chi connectivity index (χ0v) is 14.5. The van der Waals surface area contributed by atoms with Crippen LogP contribution in [0.1, 0.15) is 29.2 Å². The number of nitrogens with one attached hydrogen (secondary N) is 2. The van der Waals surface area contributed by atoms with Crippen molar-refractivity contribution in [2.45, 2.75) is 25.8 Å². The lowest BCUT2D eigenvalue weighted by Crippen LogP contribution is -2.39. The molecule has 0 spiro atoms. The van der Waals surface area contributed by atoms with E-state index in [0.29, 0.717) is 19.4 Å². The van der Waals surface area contributed by atoms with Crippen molar-refractivity contribution < 1.29 is 9.59 Å². The fourth-order valence-corrected chi connectivity index (χ4v) is 2.38. The lowest BCUT2D eigenvalue weighted by Gasteiger charge is -2.13. The summed E-state index contributed by atoms with van der Waals surface area (Å²) in [5.74, 6) is -0.377. The third-order valence-electron chi connectivity index (χ3n) is 3.95. The molecule has 0 aromatic heterocycles. The predicted octanol–water partition coefficient (Wildman–Crippen LogP) is 1.86. The predicted molar refractivity (Wildman–Crippen MR) is 98.9 cm³/mol. The van der Waals surface area contributed by atoms with Gasteiger partial charge in [0.15, 0.2) is 0 Å². The topological polar surface area (TPSA) is 84.2 Å². The maximum absolute atomic E-state index is 11.8. The molecule has 0 fully saturated rings. The van der Waals surface area contributed by atoms with Gasteiger partial charge in [0.1, 0.15) is 0 Å². The first-order valence-electron chi connectivity index (χ1n) is 8.44. The molecular formula is C20H25N3O2. The third kappa shape index (κ3) is 6.77. The molecule has 0 bridgehead atoms. The molecule has 2 rings (SSSR count). The Morgan fingerprint density at radius 2 is 1.64 bits per heavy atom. The highest BCUT2D eigenvalue weighted by molar-refractivity contribution is 5.84. The average Bonchev–Trinajstić information content (AvgIpc) is 2.64. The Morgan fingerprint density at radius 1 is 0.960 bits per heavy atom. The van der Waals surface area contributed by atoms with Crippen molar-refractivity contribution in [1.29, 1.82) is 0 Å². The minimum atomic E-state index is -0.262. The Bertz CT molecular complexity index is 684. The van der Waals surface area contributed by atoms with Crippen LogP contribution in [0.2, 0.25) is 0 Å². The van der Waals surface area contributed by atoms with Crippen molar-refractivity contribution in [2.24, 2.45) is 5.73 Å². The minimum absolute atomic E-state index is 0.0335. The van der Waals surface area contributed by atoms with E-state index in [1.54, 1.807) is 0 Å². The van der Waals surface area contributed by atoms with E-state index in [1.807, 2.05) is 61.5 Å². The van der Waals surface area contributed by atoms with Gasteiger partial charge < -0.3 is 16.4 Å². The molecule has 0 aliphatic heterocycles. The van der Waals surface area contributed by atoms with Gasteiger partial charge in [0.25, 0.3) is 0 Å². The van der Waals surface area contributed by atoms with Crippen LogP contribution in [0.25, 0.3) is 0 Å². The van der Waals surface area contributed by atoms with Crippen molar-refractivity contribution in [3.05, 3.63) is 71.3 Å². The van der Waals surface area contributed by atoms with Crippen LogP contribution in [-0.2, 0) is 16.0 Å². The molecule has 1 atom stereocenters. The number of aryl methyl sites for hydroxylation is 2. The second-order valence-electron chi connectivity index (χ2n) is 6.08. The van der Waals surface area contributed by atoms with E-state index in [0.717, 1.165) is 11.1 Å². The van der Waals surface area contributed by atoms with Gasteiger partial charge in [0.05, 0.1) is 6.54 Å². The Kier molecular flexibility index (Phi) is 7.16. The standard InChI is InChI=1S/C20H25N3O2/c1-15-7-9-16(10-8-15)11-12-19(24)23-14-20(25)22-13-18(21)17-5-3-2-4-6-17/h2-10,18H,11-14,21H2,1H3,(H,22,25)(H,23,24). The highest BCUT2D eigenvalue weighted by atomic mass is 16.2. The lowest BCUT2D eigenvalue weighted by molar-refractivity contribution is -0.126. The molecule has 4 N–H and O–H groups in total. The zero-order chi connectivity index (χ0) is 18.1. The summed E-state index contributed by atoms with van der Waals surface area (Å²) < 4.78 is 0. The van der Waals surface area contributed by atoms with Gasteiger partial charge in [-0.15, -0.1) is 0 Å². The number of carbonyl (C=O) groups is 2. The molecule has 5 heteroatoms. The summed E-state index contributed by atoms with van der Waals surface area (Å²) in [5, 5.41) is 5.37. The second kappa shape index (κ2) is 9.59. The van der Waals surface area contributed by atoms with Crippen LogP contribution in [0.15, 0.2) is 54.6 Å². The molecule has 2 amide bonds. The average molecular weight is 339 g/mol. The summed E-state index contributed by atoms with van der Waals surface area (Å²) in [6.45, 7) is 2.33. The van der Waals surface area contributed by atoms with Crippen LogP contribution in [0, 0.1) is 6.92 Å². The van der Waals surface area contributed by atoms with Crippen molar-refractivity contribution in [1.82, 2.24) is 10.6 Å². The largest absolute Gasteiger partial charge is 0.353 e. The van der Waals surface area contributed by atoms with Crippen molar-refractivity contribution >= 4 is 11.8 Å². The van der Waals surface area contributed by atoms with Gasteiger partial charge in [0.2, 0.25) is 11.8 Å². The van der Waals surface area contributed by atoms with Crippen molar-refractivity contribution in [3.8, 4) is 0 Å². The summed E-state index contributed by atoms with van der Waals surface area (Å²) in [6, 6.07) is 17.4. The molecule has 0 saturated carbocycles. The Morgan fingerprint density at radius 3 is 2.32 bits per heavy atom. The van der Waals surface area contributed by atoms with Gasteiger partial charge in [0, 0.05) is 19.0 Å². The van der Waals surface area contributed by atoms with Crippen LogP contribution < -0.4 is 16.4 Å². The Balaban J connectivity index is 1.64. The highest BCUT2D eigenvalue weighted by Crippen LogP contribution is 2.08. The maximum atomic E-state index is 11.8. The Hall–Kier alpha value is -2.66. The molecule has 1 unspecified atom stereocenters. The maximum Gasteiger partial charge on any atom is 0.239 e. The molecule has 2 aromatic rings. The molecule has 25 heavy (non-hydrogen) atoms. The van der Waals surface area contributed by atoms with Crippen LogP contribution in [0.4, 0.5) is 0 Å². The van der Waals surface area contributed by atoms with Crippen molar-refractivity contribution in [2.75, 3.05) is 13.1 Å². The Labute approximate surface area is 148 Å². The number of hydrogen-bond acceptors (Lipinski definition) is 3. The molecular weight excluding hydrogens is 314 g/mol. The normalized spacial score (nSPS) is 11.6. The van der Waals surface area contributed by atoms with E-state index in [4.69, 9.17) is 5.73 Å². The fourth-order valence-electron chi connectivity index (χ4n) is 2.38. The van der Waals surface area contributed by atoms with E-state index in [9.17, 15) is 9.59 Å². The summed E-state index contributed by atoms with van der Waals surface area (Å²) in [6.07, 6.45) is 1.02. The molecule has 0 radical (unpaired) electrons. The number of amides is 2. The summed E-state index contributed by atoms with van der Waals surface area (Å²) >= 11 is 0. The fraction of sp³-hybridized carbons (Fsp3) is 0.300. The van der Waals surface area contributed by atoms with Gasteiger partial charge in [-0.2, -0.15) is 0 Å². The molecule has 132 valence electrons. The number of benzene rings is 2. The van der Waals surface area contributed by atoms with E-state index >= 15 is 0 Å². The lowest BCUT2D eigenvalue weighted by atomic mass is 10.1. The van der Waals surface area contributed by atoms with Crippen LogP contribution in [-0.4, -0.2) is 24.9 Å². The number of hydrogen-bond donors (Lipinski definition) is 3. The van der Waals surface area contributed by atoms with E-state index < -0.39 is 0 Å².